The lowest BCUT2D eigenvalue weighted by Gasteiger charge is -2.22. The number of amides is 1. The Labute approximate surface area is 171 Å². The summed E-state index contributed by atoms with van der Waals surface area (Å²) < 4.78 is 38.9. The van der Waals surface area contributed by atoms with Crippen molar-refractivity contribution in [2.24, 2.45) is 0 Å². The number of aromatic nitrogens is 2. The summed E-state index contributed by atoms with van der Waals surface area (Å²) in [6.45, 7) is 2.00. The highest BCUT2D eigenvalue weighted by Gasteiger charge is 2.31. The molecule has 1 amide bonds. The molecule has 0 spiro atoms. The maximum atomic E-state index is 13.0. The van der Waals surface area contributed by atoms with Gasteiger partial charge in [0.2, 0.25) is 5.56 Å². The molecule has 5 nitrogen and oxygen atoms in total. The number of carbonyl (C=O) groups is 1. The minimum Gasteiger partial charge on any atom is -0.339 e. The van der Waals surface area contributed by atoms with Gasteiger partial charge in [-0.3, -0.25) is 14.6 Å². The van der Waals surface area contributed by atoms with Crippen LogP contribution in [-0.4, -0.2) is 15.9 Å². The standard InChI is InChI=1S/C22H20F3N3O2/c1-2-4-14-5-3-12-26-19(14)20(15-6-9-17(10-7-15)22(23,24)25)28-21(30)16-8-11-18(29)27-13-16/h3,5-13,20H,2,4H2,1H3,(H,27,29)(H,28,30)/t20-/m0/s1. The molecule has 1 aromatic carbocycles. The Kier molecular flexibility index (Phi) is 6.34. The fourth-order valence-corrected chi connectivity index (χ4v) is 3.13. The summed E-state index contributed by atoms with van der Waals surface area (Å²) in [6.07, 6.45) is -0.0444. The Morgan fingerprint density at radius 2 is 1.87 bits per heavy atom. The molecule has 1 atom stereocenters. The first-order valence-electron chi connectivity index (χ1n) is 9.40. The van der Waals surface area contributed by atoms with Crippen LogP contribution in [0.1, 0.15) is 52.1 Å². The number of pyridine rings is 2. The van der Waals surface area contributed by atoms with E-state index in [1.165, 1.54) is 30.5 Å². The molecule has 0 aliphatic rings. The molecule has 3 rings (SSSR count). The fraction of sp³-hybridized carbons (Fsp3) is 0.227. The van der Waals surface area contributed by atoms with Gasteiger partial charge in [0.25, 0.3) is 5.91 Å². The molecule has 0 aliphatic carbocycles. The minimum atomic E-state index is -4.45. The van der Waals surface area contributed by atoms with Gasteiger partial charge in [-0.25, -0.2) is 0 Å². The number of aryl methyl sites for hydroxylation is 1. The average molecular weight is 415 g/mol. The molecule has 30 heavy (non-hydrogen) atoms. The van der Waals surface area contributed by atoms with Crippen LogP contribution in [0.15, 0.2) is 65.7 Å². The van der Waals surface area contributed by atoms with E-state index in [9.17, 15) is 22.8 Å². The minimum absolute atomic E-state index is 0.222. The van der Waals surface area contributed by atoms with Crippen LogP contribution < -0.4 is 10.9 Å². The van der Waals surface area contributed by atoms with Crippen molar-refractivity contribution in [3.05, 3.63) is 99.2 Å². The molecule has 3 aromatic rings. The van der Waals surface area contributed by atoms with Gasteiger partial charge in [-0.15, -0.1) is 0 Å². The highest BCUT2D eigenvalue weighted by atomic mass is 19.4. The van der Waals surface area contributed by atoms with Gasteiger partial charge in [0, 0.05) is 18.5 Å². The van der Waals surface area contributed by atoms with E-state index in [2.05, 4.69) is 15.3 Å². The summed E-state index contributed by atoms with van der Waals surface area (Å²) in [5.41, 5.74) is 1.03. The predicted octanol–water partition coefficient (Wildman–Crippen LogP) is 4.26. The van der Waals surface area contributed by atoms with Crippen LogP contribution in [0, 0.1) is 0 Å². The van der Waals surface area contributed by atoms with Gasteiger partial charge < -0.3 is 10.3 Å². The van der Waals surface area contributed by atoms with E-state index in [-0.39, 0.29) is 11.1 Å². The van der Waals surface area contributed by atoms with Gasteiger partial charge in [-0.1, -0.05) is 31.5 Å². The van der Waals surface area contributed by atoms with E-state index in [0.717, 1.165) is 24.1 Å². The Balaban J connectivity index is 2.02. The molecule has 156 valence electrons. The van der Waals surface area contributed by atoms with Crippen LogP contribution in [0.5, 0.6) is 0 Å². The van der Waals surface area contributed by atoms with Crippen LogP contribution >= 0.6 is 0 Å². The third kappa shape index (κ3) is 4.94. The van der Waals surface area contributed by atoms with Gasteiger partial charge in [0.15, 0.2) is 0 Å². The Bertz CT molecular complexity index is 1060. The second kappa shape index (κ2) is 8.94. The molecule has 0 bridgehead atoms. The van der Waals surface area contributed by atoms with Crippen LogP contribution in [0.4, 0.5) is 13.2 Å². The lowest BCUT2D eigenvalue weighted by molar-refractivity contribution is -0.137. The number of aromatic amines is 1. The quantitative estimate of drug-likeness (QED) is 0.632. The summed E-state index contributed by atoms with van der Waals surface area (Å²) in [6, 6.07) is 10.2. The van der Waals surface area contributed by atoms with Crippen LogP contribution in [-0.2, 0) is 12.6 Å². The molecule has 0 unspecified atom stereocenters. The molecule has 0 radical (unpaired) electrons. The predicted molar refractivity (Wildman–Crippen MR) is 106 cm³/mol. The van der Waals surface area contributed by atoms with Crippen molar-refractivity contribution in [2.75, 3.05) is 0 Å². The molecular formula is C22H20F3N3O2. The van der Waals surface area contributed by atoms with Crippen molar-refractivity contribution in [3.8, 4) is 0 Å². The van der Waals surface area contributed by atoms with Crippen molar-refractivity contribution in [1.82, 2.24) is 15.3 Å². The number of halogens is 3. The highest BCUT2D eigenvalue weighted by molar-refractivity contribution is 5.94. The molecular weight excluding hydrogens is 395 g/mol. The van der Waals surface area contributed by atoms with E-state index in [1.54, 1.807) is 12.3 Å². The summed E-state index contributed by atoms with van der Waals surface area (Å²) in [4.78, 5) is 30.9. The van der Waals surface area contributed by atoms with Crippen molar-refractivity contribution in [2.45, 2.75) is 32.0 Å². The van der Waals surface area contributed by atoms with E-state index >= 15 is 0 Å². The summed E-state index contributed by atoms with van der Waals surface area (Å²) >= 11 is 0. The summed E-state index contributed by atoms with van der Waals surface area (Å²) in [5, 5.41) is 2.84. The number of nitrogens with one attached hydrogen (secondary N) is 2. The average Bonchev–Trinajstić information content (AvgIpc) is 2.73. The highest BCUT2D eigenvalue weighted by Crippen LogP contribution is 2.31. The molecule has 0 saturated carbocycles. The second-order valence-electron chi connectivity index (χ2n) is 6.77. The van der Waals surface area contributed by atoms with Crippen molar-refractivity contribution in [3.63, 3.8) is 0 Å². The van der Waals surface area contributed by atoms with Crippen molar-refractivity contribution < 1.29 is 18.0 Å². The molecule has 0 fully saturated rings. The molecule has 2 aromatic heterocycles. The third-order valence-corrected chi connectivity index (χ3v) is 4.61. The monoisotopic (exact) mass is 415 g/mol. The summed E-state index contributed by atoms with van der Waals surface area (Å²) in [7, 11) is 0. The maximum Gasteiger partial charge on any atom is 0.416 e. The number of hydrogen-bond donors (Lipinski definition) is 2. The van der Waals surface area contributed by atoms with Gasteiger partial charge >= 0.3 is 6.18 Å². The van der Waals surface area contributed by atoms with Crippen LogP contribution in [0.25, 0.3) is 0 Å². The normalized spacial score (nSPS) is 12.4. The van der Waals surface area contributed by atoms with Crippen LogP contribution in [0.2, 0.25) is 0 Å². The smallest absolute Gasteiger partial charge is 0.339 e. The number of rotatable bonds is 6. The number of carbonyl (C=O) groups excluding carboxylic acids is 1. The number of H-pyrrole nitrogens is 1. The van der Waals surface area contributed by atoms with E-state index in [1.807, 2.05) is 13.0 Å². The van der Waals surface area contributed by atoms with E-state index in [0.29, 0.717) is 17.7 Å². The third-order valence-electron chi connectivity index (χ3n) is 4.61. The summed E-state index contributed by atoms with van der Waals surface area (Å²) in [5.74, 6) is -0.482. The lowest BCUT2D eigenvalue weighted by atomic mass is 9.96. The topological polar surface area (TPSA) is 74.8 Å². The van der Waals surface area contributed by atoms with Gasteiger partial charge in [0.05, 0.1) is 22.9 Å². The first-order chi connectivity index (χ1) is 14.3. The van der Waals surface area contributed by atoms with E-state index in [4.69, 9.17) is 0 Å². The fourth-order valence-electron chi connectivity index (χ4n) is 3.13. The Hall–Kier alpha value is -3.42. The van der Waals surface area contributed by atoms with Gasteiger partial charge in [-0.2, -0.15) is 13.2 Å². The number of alkyl halides is 3. The Morgan fingerprint density at radius 1 is 1.13 bits per heavy atom. The zero-order valence-electron chi connectivity index (χ0n) is 16.2. The SMILES string of the molecule is CCCc1cccnc1[C@@H](NC(=O)c1ccc(=O)[nH]c1)c1ccc(C(F)(F)F)cc1. The van der Waals surface area contributed by atoms with Gasteiger partial charge in [-0.05, 0) is 41.8 Å². The van der Waals surface area contributed by atoms with Crippen molar-refractivity contribution >= 4 is 5.91 Å². The number of nitrogens with zero attached hydrogens (tertiary/aromatic N) is 1. The number of benzene rings is 1. The van der Waals surface area contributed by atoms with Crippen LogP contribution in [0.3, 0.4) is 0 Å². The van der Waals surface area contributed by atoms with Gasteiger partial charge in [0.1, 0.15) is 0 Å². The molecule has 0 saturated heterocycles. The maximum absolute atomic E-state index is 13.0. The lowest BCUT2D eigenvalue weighted by Crippen LogP contribution is -2.31. The first-order valence-corrected chi connectivity index (χ1v) is 9.40. The molecule has 2 N–H and O–H groups in total. The van der Waals surface area contributed by atoms with Crippen molar-refractivity contribution in [1.29, 1.82) is 0 Å². The second-order valence-corrected chi connectivity index (χ2v) is 6.77. The zero-order chi connectivity index (χ0) is 21.7. The first kappa shape index (κ1) is 21.3. The van der Waals surface area contributed by atoms with E-state index < -0.39 is 23.7 Å². The zero-order valence-corrected chi connectivity index (χ0v) is 16.2. The number of hydrogen-bond acceptors (Lipinski definition) is 3. The largest absolute Gasteiger partial charge is 0.416 e. The Morgan fingerprint density at radius 3 is 2.47 bits per heavy atom. The molecule has 2 heterocycles. The molecule has 8 heteroatoms. The molecule has 0 aliphatic heterocycles.